The third-order valence-corrected chi connectivity index (χ3v) is 7.34. The predicted molar refractivity (Wildman–Crippen MR) is 134 cm³/mol. The molecule has 0 fully saturated rings. The Bertz CT molecular complexity index is 1610. The summed E-state index contributed by atoms with van der Waals surface area (Å²) in [6.07, 6.45) is 3.63. The van der Waals surface area contributed by atoms with Crippen molar-refractivity contribution in [3.63, 3.8) is 0 Å². The summed E-state index contributed by atoms with van der Waals surface area (Å²) in [5, 5.41) is 0.674. The summed E-state index contributed by atoms with van der Waals surface area (Å²) in [6, 6.07) is 0. The molecular formula is C20H25BrN8O4S. The SMILES string of the molecule is CCCCCn1c(SCCCn2c(Br)nc3c2c(=O)[nH]c(=O)n3C)nc2c1c(=O)[nH]c(=O)n2C. The molecule has 0 radical (unpaired) electrons. The molecule has 0 aliphatic heterocycles. The summed E-state index contributed by atoms with van der Waals surface area (Å²) >= 11 is 4.87. The first-order valence-electron chi connectivity index (χ1n) is 10.9. The van der Waals surface area contributed by atoms with Crippen molar-refractivity contribution in [1.82, 2.24) is 38.2 Å². The zero-order valence-electron chi connectivity index (χ0n) is 19.1. The van der Waals surface area contributed by atoms with Crippen molar-refractivity contribution in [3.8, 4) is 0 Å². The van der Waals surface area contributed by atoms with Gasteiger partial charge in [-0.2, -0.15) is 0 Å². The first kappa shape index (κ1) is 24.3. The molecule has 4 rings (SSSR count). The van der Waals surface area contributed by atoms with Crippen molar-refractivity contribution in [1.29, 1.82) is 0 Å². The summed E-state index contributed by atoms with van der Waals surface area (Å²) in [7, 11) is 3.14. The van der Waals surface area contributed by atoms with Crippen LogP contribution in [-0.4, -0.2) is 44.0 Å². The highest BCUT2D eigenvalue weighted by molar-refractivity contribution is 9.10. The van der Waals surface area contributed by atoms with Crippen LogP contribution in [0.2, 0.25) is 0 Å². The molecule has 0 aliphatic rings. The van der Waals surface area contributed by atoms with Gasteiger partial charge < -0.3 is 9.13 Å². The van der Waals surface area contributed by atoms with Crippen LogP contribution in [0.4, 0.5) is 0 Å². The van der Waals surface area contributed by atoms with Crippen molar-refractivity contribution in [3.05, 3.63) is 46.4 Å². The topological polar surface area (TPSA) is 145 Å². The Morgan fingerprint density at radius 3 is 2.00 bits per heavy atom. The number of hydrogen-bond acceptors (Lipinski definition) is 7. The average molecular weight is 553 g/mol. The van der Waals surface area contributed by atoms with Crippen molar-refractivity contribution in [2.24, 2.45) is 14.1 Å². The second-order valence-corrected chi connectivity index (χ2v) is 9.74. The van der Waals surface area contributed by atoms with Gasteiger partial charge in [0, 0.05) is 32.9 Å². The third-order valence-electron chi connectivity index (χ3n) is 5.68. The van der Waals surface area contributed by atoms with Crippen LogP contribution in [0.25, 0.3) is 22.3 Å². The lowest BCUT2D eigenvalue weighted by Crippen LogP contribution is -2.29. The molecular weight excluding hydrogens is 528 g/mol. The van der Waals surface area contributed by atoms with Crippen molar-refractivity contribution in [2.45, 2.75) is 50.9 Å². The van der Waals surface area contributed by atoms with Crippen LogP contribution < -0.4 is 22.5 Å². The zero-order chi connectivity index (χ0) is 24.6. The highest BCUT2D eigenvalue weighted by atomic mass is 79.9. The molecule has 0 saturated heterocycles. The van der Waals surface area contributed by atoms with E-state index in [0.717, 1.165) is 19.3 Å². The van der Waals surface area contributed by atoms with E-state index in [-0.39, 0.29) is 0 Å². The molecule has 0 aromatic carbocycles. The summed E-state index contributed by atoms with van der Waals surface area (Å²) in [6.45, 7) is 3.23. The Labute approximate surface area is 205 Å². The Hall–Kier alpha value is -2.87. The Morgan fingerprint density at radius 2 is 1.38 bits per heavy atom. The average Bonchev–Trinajstić information content (AvgIpc) is 3.32. The largest absolute Gasteiger partial charge is 0.329 e. The number of hydrogen-bond donors (Lipinski definition) is 2. The van der Waals surface area contributed by atoms with E-state index < -0.39 is 22.5 Å². The number of aromatic nitrogens is 8. The van der Waals surface area contributed by atoms with E-state index in [1.165, 1.54) is 20.9 Å². The quantitative estimate of drug-likeness (QED) is 0.181. The maximum Gasteiger partial charge on any atom is 0.329 e. The fraction of sp³-hybridized carbons (Fsp3) is 0.500. The van der Waals surface area contributed by atoms with E-state index >= 15 is 0 Å². The van der Waals surface area contributed by atoms with Gasteiger partial charge in [-0.25, -0.2) is 19.6 Å². The van der Waals surface area contributed by atoms with Gasteiger partial charge >= 0.3 is 11.4 Å². The minimum Gasteiger partial charge on any atom is -0.313 e. The normalized spacial score (nSPS) is 11.8. The van der Waals surface area contributed by atoms with E-state index in [4.69, 9.17) is 0 Å². The number of nitrogens with one attached hydrogen (secondary N) is 2. The van der Waals surface area contributed by atoms with E-state index in [1.807, 2.05) is 4.57 Å². The van der Waals surface area contributed by atoms with Gasteiger partial charge in [0.2, 0.25) is 0 Å². The lowest BCUT2D eigenvalue weighted by atomic mass is 10.2. The van der Waals surface area contributed by atoms with Crippen molar-refractivity contribution < 1.29 is 0 Å². The van der Waals surface area contributed by atoms with Gasteiger partial charge in [-0.1, -0.05) is 31.5 Å². The van der Waals surface area contributed by atoms with Crippen molar-refractivity contribution in [2.75, 3.05) is 5.75 Å². The lowest BCUT2D eigenvalue weighted by molar-refractivity contribution is 0.577. The highest BCUT2D eigenvalue weighted by Crippen LogP contribution is 2.24. The lowest BCUT2D eigenvalue weighted by Gasteiger charge is -2.09. The molecule has 34 heavy (non-hydrogen) atoms. The van der Waals surface area contributed by atoms with Crippen LogP contribution in [-0.2, 0) is 27.2 Å². The number of aryl methyl sites for hydroxylation is 4. The molecule has 4 aromatic heterocycles. The summed E-state index contributed by atoms with van der Waals surface area (Å²) in [5.41, 5.74) is -0.534. The number of H-pyrrole nitrogens is 2. The van der Waals surface area contributed by atoms with Gasteiger partial charge in [-0.05, 0) is 28.8 Å². The Morgan fingerprint density at radius 1 is 0.824 bits per heavy atom. The molecule has 0 saturated carbocycles. The predicted octanol–water partition coefficient (Wildman–Crippen LogP) is 1.30. The second-order valence-electron chi connectivity index (χ2n) is 7.97. The number of fused-ring (bicyclic) bond motifs is 2. The summed E-state index contributed by atoms with van der Waals surface area (Å²) < 4.78 is 6.73. The molecule has 0 amide bonds. The fourth-order valence-electron chi connectivity index (χ4n) is 3.85. The molecule has 0 aliphatic carbocycles. The zero-order valence-corrected chi connectivity index (χ0v) is 21.5. The van der Waals surface area contributed by atoms with Gasteiger partial charge in [0.25, 0.3) is 11.1 Å². The molecule has 2 N–H and O–H groups in total. The fourth-order valence-corrected chi connectivity index (χ4v) is 5.32. The van der Waals surface area contributed by atoms with E-state index in [1.54, 1.807) is 18.7 Å². The van der Waals surface area contributed by atoms with Gasteiger partial charge in [-0.3, -0.25) is 28.7 Å². The van der Waals surface area contributed by atoms with Crippen LogP contribution in [0.1, 0.15) is 32.6 Å². The first-order valence-corrected chi connectivity index (χ1v) is 12.7. The maximum absolute atomic E-state index is 12.5. The Kier molecular flexibility index (Phi) is 6.98. The van der Waals surface area contributed by atoms with E-state index in [0.29, 0.717) is 57.5 Å². The minimum atomic E-state index is -0.517. The van der Waals surface area contributed by atoms with Crippen LogP contribution >= 0.6 is 27.7 Å². The van der Waals surface area contributed by atoms with E-state index in [9.17, 15) is 19.2 Å². The smallest absolute Gasteiger partial charge is 0.313 e. The molecule has 0 spiro atoms. The first-order chi connectivity index (χ1) is 16.2. The van der Waals surface area contributed by atoms with Gasteiger partial charge in [0.05, 0.1) is 0 Å². The number of rotatable bonds is 9. The number of aromatic amines is 2. The minimum absolute atomic E-state index is 0.311. The number of unbranched alkanes of at least 4 members (excludes halogenated alkanes) is 2. The molecule has 4 heterocycles. The van der Waals surface area contributed by atoms with E-state index in [2.05, 4.69) is 42.8 Å². The second kappa shape index (κ2) is 9.78. The highest BCUT2D eigenvalue weighted by Gasteiger charge is 2.18. The number of halogens is 1. The number of imidazole rings is 2. The molecule has 12 nitrogen and oxygen atoms in total. The maximum atomic E-state index is 12.5. The standard InChI is InChI=1S/C20H25BrN8O4S/c1-4-5-6-8-29-12-14(27(3)19(33)25-16(12)31)23-20(29)34-10-7-9-28-11-13(22-17(28)21)26(2)18(32)24-15(11)30/h4-10H2,1-3H3,(H,24,30,32)(H,25,31,33). The molecule has 0 unspecified atom stereocenters. The van der Waals surface area contributed by atoms with Crippen LogP contribution in [0, 0.1) is 0 Å². The van der Waals surface area contributed by atoms with Crippen LogP contribution in [0.3, 0.4) is 0 Å². The molecule has 182 valence electrons. The summed E-state index contributed by atoms with van der Waals surface area (Å²) in [4.78, 5) is 62.4. The van der Waals surface area contributed by atoms with Gasteiger partial charge in [-0.15, -0.1) is 0 Å². The Balaban J connectivity index is 1.58. The number of thioether (sulfide) groups is 1. The monoisotopic (exact) mass is 552 g/mol. The third kappa shape index (κ3) is 4.31. The van der Waals surface area contributed by atoms with Crippen LogP contribution in [0.15, 0.2) is 29.1 Å². The molecule has 14 heteroatoms. The van der Waals surface area contributed by atoms with Crippen molar-refractivity contribution >= 4 is 50.0 Å². The summed E-state index contributed by atoms with van der Waals surface area (Å²) in [5.74, 6) is 0.652. The van der Waals surface area contributed by atoms with Gasteiger partial charge in [0.15, 0.2) is 32.2 Å². The molecule has 0 bridgehead atoms. The molecule has 4 aromatic rings. The van der Waals surface area contributed by atoms with Gasteiger partial charge in [0.1, 0.15) is 0 Å². The number of nitrogens with zero attached hydrogens (tertiary/aromatic N) is 6. The van der Waals surface area contributed by atoms with Crippen LogP contribution in [0.5, 0.6) is 0 Å². The molecule has 0 atom stereocenters.